The molecule has 0 aliphatic carbocycles. The number of carboxylic acid groups (broad SMARTS) is 1. The number of rotatable bonds is 6. The van der Waals surface area contributed by atoms with Crippen LogP contribution in [0, 0.1) is 0 Å². The standard InChI is InChI=1S/C13H17NO4/c1-9(15)14-11-8-10(4-3-5-13(16)17)6-7-12(11)18-2/h6-8H,3-5H2,1-2H3,(H,14,15)(H,16,17). The number of carbonyl (C=O) groups excluding carboxylic acids is 1. The van der Waals surface area contributed by atoms with Crippen molar-refractivity contribution in [3.8, 4) is 5.75 Å². The second-order valence-electron chi connectivity index (χ2n) is 3.96. The SMILES string of the molecule is COc1ccc(CCCC(=O)O)cc1NC(C)=O. The molecule has 0 aromatic heterocycles. The van der Waals surface area contributed by atoms with E-state index in [0.29, 0.717) is 24.3 Å². The molecule has 0 aliphatic heterocycles. The molecule has 0 heterocycles. The molecule has 0 radical (unpaired) electrons. The third-order valence-electron chi connectivity index (χ3n) is 2.43. The van der Waals surface area contributed by atoms with Crippen LogP contribution in [0.3, 0.4) is 0 Å². The summed E-state index contributed by atoms with van der Waals surface area (Å²) in [5.74, 6) is -0.381. The summed E-state index contributed by atoms with van der Waals surface area (Å²) < 4.78 is 5.14. The summed E-state index contributed by atoms with van der Waals surface area (Å²) in [6.07, 6.45) is 1.37. The van der Waals surface area contributed by atoms with Crippen LogP contribution in [0.4, 0.5) is 5.69 Å². The van der Waals surface area contributed by atoms with Gasteiger partial charge in [-0.25, -0.2) is 0 Å². The molecule has 98 valence electrons. The highest BCUT2D eigenvalue weighted by molar-refractivity contribution is 5.90. The lowest BCUT2D eigenvalue weighted by Crippen LogP contribution is -2.07. The minimum Gasteiger partial charge on any atom is -0.495 e. The smallest absolute Gasteiger partial charge is 0.303 e. The molecule has 18 heavy (non-hydrogen) atoms. The number of benzene rings is 1. The van der Waals surface area contributed by atoms with E-state index in [0.717, 1.165) is 5.56 Å². The van der Waals surface area contributed by atoms with Crippen molar-refractivity contribution in [2.45, 2.75) is 26.2 Å². The predicted molar refractivity (Wildman–Crippen MR) is 67.9 cm³/mol. The maximum atomic E-state index is 11.1. The fraction of sp³-hybridized carbons (Fsp3) is 0.385. The van der Waals surface area contributed by atoms with Crippen molar-refractivity contribution in [3.63, 3.8) is 0 Å². The fourth-order valence-electron chi connectivity index (χ4n) is 1.64. The van der Waals surface area contributed by atoms with Crippen LogP contribution < -0.4 is 10.1 Å². The summed E-state index contributed by atoms with van der Waals surface area (Å²) >= 11 is 0. The lowest BCUT2D eigenvalue weighted by Gasteiger charge is -2.10. The van der Waals surface area contributed by atoms with E-state index >= 15 is 0 Å². The lowest BCUT2D eigenvalue weighted by atomic mass is 10.1. The van der Waals surface area contributed by atoms with Crippen LogP contribution in [0.5, 0.6) is 5.75 Å². The van der Waals surface area contributed by atoms with E-state index < -0.39 is 5.97 Å². The van der Waals surface area contributed by atoms with Crippen molar-refractivity contribution >= 4 is 17.6 Å². The number of ether oxygens (including phenoxy) is 1. The molecule has 0 unspecified atom stereocenters. The third-order valence-corrected chi connectivity index (χ3v) is 2.43. The van der Waals surface area contributed by atoms with E-state index in [9.17, 15) is 9.59 Å². The molecule has 5 heteroatoms. The zero-order valence-corrected chi connectivity index (χ0v) is 10.5. The Morgan fingerprint density at radius 3 is 2.67 bits per heavy atom. The predicted octanol–water partition coefficient (Wildman–Crippen LogP) is 2.06. The van der Waals surface area contributed by atoms with Gasteiger partial charge in [-0.1, -0.05) is 6.07 Å². The quantitative estimate of drug-likeness (QED) is 0.811. The monoisotopic (exact) mass is 251 g/mol. The van der Waals surface area contributed by atoms with Gasteiger partial charge >= 0.3 is 5.97 Å². The molecular formula is C13H17NO4. The minimum absolute atomic E-state index is 0.140. The van der Waals surface area contributed by atoms with Gasteiger partial charge in [0, 0.05) is 13.3 Å². The van der Waals surface area contributed by atoms with E-state index in [1.54, 1.807) is 6.07 Å². The number of methoxy groups -OCH3 is 1. The first-order valence-electron chi connectivity index (χ1n) is 5.69. The van der Waals surface area contributed by atoms with Gasteiger partial charge in [0.1, 0.15) is 5.75 Å². The summed E-state index contributed by atoms with van der Waals surface area (Å²) in [6, 6.07) is 5.44. The Morgan fingerprint density at radius 2 is 2.11 bits per heavy atom. The molecule has 1 aromatic rings. The highest BCUT2D eigenvalue weighted by atomic mass is 16.5. The van der Waals surface area contributed by atoms with E-state index in [4.69, 9.17) is 9.84 Å². The number of carboxylic acids is 1. The van der Waals surface area contributed by atoms with Gasteiger partial charge in [0.05, 0.1) is 12.8 Å². The number of nitrogens with one attached hydrogen (secondary N) is 1. The van der Waals surface area contributed by atoms with Crippen LogP contribution >= 0.6 is 0 Å². The number of anilines is 1. The van der Waals surface area contributed by atoms with Crippen LogP contribution in [-0.4, -0.2) is 24.1 Å². The van der Waals surface area contributed by atoms with Crippen LogP contribution in [-0.2, 0) is 16.0 Å². The zero-order chi connectivity index (χ0) is 13.5. The van der Waals surface area contributed by atoms with Gasteiger partial charge in [-0.05, 0) is 30.5 Å². The Morgan fingerprint density at radius 1 is 1.39 bits per heavy atom. The summed E-state index contributed by atoms with van der Waals surface area (Å²) in [7, 11) is 1.53. The van der Waals surface area contributed by atoms with E-state index in [1.165, 1.54) is 14.0 Å². The first-order valence-corrected chi connectivity index (χ1v) is 5.69. The van der Waals surface area contributed by atoms with Crippen LogP contribution in [0.15, 0.2) is 18.2 Å². The molecule has 0 fully saturated rings. The van der Waals surface area contributed by atoms with Crippen molar-refractivity contribution in [2.75, 3.05) is 12.4 Å². The van der Waals surface area contributed by atoms with E-state index in [-0.39, 0.29) is 12.3 Å². The van der Waals surface area contributed by atoms with Gasteiger partial charge in [0.2, 0.25) is 5.91 Å². The zero-order valence-electron chi connectivity index (χ0n) is 10.5. The molecule has 2 N–H and O–H groups in total. The second-order valence-corrected chi connectivity index (χ2v) is 3.96. The van der Waals surface area contributed by atoms with E-state index in [1.807, 2.05) is 12.1 Å². The van der Waals surface area contributed by atoms with Gasteiger partial charge in [0.25, 0.3) is 0 Å². The first kappa shape index (κ1) is 14.0. The Hall–Kier alpha value is -2.04. The second kappa shape index (κ2) is 6.64. The first-order chi connectivity index (χ1) is 8.52. The maximum absolute atomic E-state index is 11.1. The number of hydrogen-bond acceptors (Lipinski definition) is 3. The molecule has 1 amide bonds. The number of amides is 1. The molecule has 0 spiro atoms. The summed E-state index contributed by atoms with van der Waals surface area (Å²) in [4.78, 5) is 21.5. The maximum Gasteiger partial charge on any atom is 0.303 e. The lowest BCUT2D eigenvalue weighted by molar-refractivity contribution is -0.137. The van der Waals surface area contributed by atoms with E-state index in [2.05, 4.69) is 5.32 Å². The van der Waals surface area contributed by atoms with Crippen molar-refractivity contribution in [1.82, 2.24) is 0 Å². The largest absolute Gasteiger partial charge is 0.495 e. The Kier molecular flexibility index (Phi) is 5.17. The molecule has 0 saturated heterocycles. The number of aliphatic carboxylic acids is 1. The van der Waals surface area contributed by atoms with Gasteiger partial charge in [-0.15, -0.1) is 0 Å². The van der Waals surface area contributed by atoms with Gasteiger partial charge < -0.3 is 15.2 Å². The number of carbonyl (C=O) groups is 2. The summed E-state index contributed by atoms with van der Waals surface area (Å²) in [5, 5.41) is 11.3. The average molecular weight is 251 g/mol. The summed E-state index contributed by atoms with van der Waals surface area (Å²) in [5.41, 5.74) is 1.58. The summed E-state index contributed by atoms with van der Waals surface area (Å²) in [6.45, 7) is 1.43. The van der Waals surface area contributed by atoms with Gasteiger partial charge in [-0.3, -0.25) is 9.59 Å². The minimum atomic E-state index is -0.800. The molecule has 0 saturated carbocycles. The highest BCUT2D eigenvalue weighted by Crippen LogP contribution is 2.26. The molecule has 1 rings (SSSR count). The molecular weight excluding hydrogens is 234 g/mol. The normalized spacial score (nSPS) is 9.89. The van der Waals surface area contributed by atoms with Crippen molar-refractivity contribution in [3.05, 3.63) is 23.8 Å². The van der Waals surface area contributed by atoms with Crippen LogP contribution in [0.25, 0.3) is 0 Å². The van der Waals surface area contributed by atoms with Gasteiger partial charge in [0.15, 0.2) is 0 Å². The third kappa shape index (κ3) is 4.45. The highest BCUT2D eigenvalue weighted by Gasteiger charge is 2.06. The molecule has 5 nitrogen and oxygen atoms in total. The van der Waals surface area contributed by atoms with Crippen molar-refractivity contribution in [2.24, 2.45) is 0 Å². The van der Waals surface area contributed by atoms with Crippen molar-refractivity contribution < 1.29 is 19.4 Å². The number of hydrogen-bond donors (Lipinski definition) is 2. The van der Waals surface area contributed by atoms with Crippen molar-refractivity contribution in [1.29, 1.82) is 0 Å². The van der Waals surface area contributed by atoms with Crippen LogP contribution in [0.1, 0.15) is 25.3 Å². The molecule has 0 bridgehead atoms. The van der Waals surface area contributed by atoms with Gasteiger partial charge in [-0.2, -0.15) is 0 Å². The van der Waals surface area contributed by atoms with Crippen LogP contribution in [0.2, 0.25) is 0 Å². The topological polar surface area (TPSA) is 75.6 Å². The molecule has 1 aromatic carbocycles. The Labute approximate surface area is 106 Å². The Balaban J connectivity index is 2.75. The Bertz CT molecular complexity index is 443. The fourth-order valence-corrected chi connectivity index (χ4v) is 1.64. The molecule has 0 atom stereocenters. The average Bonchev–Trinajstić information content (AvgIpc) is 2.28. The number of aryl methyl sites for hydroxylation is 1. The molecule has 0 aliphatic rings.